The summed E-state index contributed by atoms with van der Waals surface area (Å²) in [4.78, 5) is 13.7. The topological polar surface area (TPSA) is 20.3 Å². The van der Waals surface area contributed by atoms with Gasteiger partial charge in [-0.1, -0.05) is 30.3 Å². The molecule has 0 bridgehead atoms. The zero-order chi connectivity index (χ0) is 11.1. The van der Waals surface area contributed by atoms with Crippen molar-refractivity contribution in [2.75, 3.05) is 6.54 Å². The molecule has 1 aromatic carbocycles. The smallest absolute Gasteiger partial charge is 0.224 e. The quantitative estimate of drug-likeness (QED) is 0.775. The van der Waals surface area contributed by atoms with E-state index in [0.29, 0.717) is 18.4 Å². The number of hydrogen-bond donors (Lipinski definition) is 1. The van der Waals surface area contributed by atoms with Gasteiger partial charge in [-0.3, -0.25) is 4.79 Å². The molecule has 1 aliphatic heterocycles. The van der Waals surface area contributed by atoms with Crippen LogP contribution in [0.15, 0.2) is 30.3 Å². The summed E-state index contributed by atoms with van der Waals surface area (Å²) in [5.74, 6) is 0.840. The number of likely N-dealkylation sites (tertiary alicyclic amines) is 1. The molecule has 3 rings (SSSR count). The van der Waals surface area contributed by atoms with Gasteiger partial charge in [-0.2, -0.15) is 12.6 Å². The molecule has 2 aliphatic rings. The number of carbonyl (C=O) groups excluding carboxylic acids is 1. The number of hydrogen-bond acceptors (Lipinski definition) is 2. The highest BCUT2D eigenvalue weighted by atomic mass is 32.1. The van der Waals surface area contributed by atoms with Crippen LogP contribution in [0.5, 0.6) is 0 Å². The Kier molecular flexibility index (Phi) is 2.43. The highest BCUT2D eigenvalue weighted by Gasteiger charge is 2.47. The summed E-state index contributed by atoms with van der Waals surface area (Å²) >= 11 is 4.39. The van der Waals surface area contributed by atoms with E-state index < -0.39 is 0 Å². The van der Waals surface area contributed by atoms with E-state index in [4.69, 9.17) is 0 Å². The average molecular weight is 233 g/mol. The number of amides is 1. The van der Waals surface area contributed by atoms with Gasteiger partial charge in [-0.25, -0.2) is 0 Å². The highest BCUT2D eigenvalue weighted by molar-refractivity contribution is 7.81. The third-order valence-corrected chi connectivity index (χ3v) is 3.87. The number of nitrogens with zero attached hydrogens (tertiary/aromatic N) is 1. The van der Waals surface area contributed by atoms with Crippen molar-refractivity contribution in [3.05, 3.63) is 35.9 Å². The predicted octanol–water partition coefficient (Wildman–Crippen LogP) is 2.07. The van der Waals surface area contributed by atoms with Crippen molar-refractivity contribution in [3.8, 4) is 0 Å². The first kappa shape index (κ1) is 10.2. The molecule has 1 saturated heterocycles. The Hall–Kier alpha value is -0.960. The zero-order valence-electron chi connectivity index (χ0n) is 9.04. The van der Waals surface area contributed by atoms with Gasteiger partial charge in [-0.05, 0) is 12.0 Å². The molecule has 0 radical (unpaired) electrons. The molecule has 2 nitrogen and oxygen atoms in total. The van der Waals surface area contributed by atoms with E-state index in [2.05, 4.69) is 36.9 Å². The van der Waals surface area contributed by atoms with Gasteiger partial charge in [0.1, 0.15) is 0 Å². The van der Waals surface area contributed by atoms with Gasteiger partial charge in [-0.15, -0.1) is 0 Å². The van der Waals surface area contributed by atoms with E-state index in [1.165, 1.54) is 5.56 Å². The van der Waals surface area contributed by atoms with Gasteiger partial charge in [0.05, 0.1) is 0 Å². The Labute approximate surface area is 101 Å². The van der Waals surface area contributed by atoms with Crippen molar-refractivity contribution in [2.45, 2.75) is 30.1 Å². The molecule has 3 unspecified atom stereocenters. The second-order valence-electron chi connectivity index (χ2n) is 4.72. The largest absolute Gasteiger partial charge is 0.338 e. The van der Waals surface area contributed by atoms with Crippen LogP contribution in [-0.2, 0) is 4.79 Å². The summed E-state index contributed by atoms with van der Waals surface area (Å²) < 4.78 is 0. The van der Waals surface area contributed by atoms with E-state index in [-0.39, 0.29) is 11.2 Å². The van der Waals surface area contributed by atoms with Crippen LogP contribution in [0.2, 0.25) is 0 Å². The van der Waals surface area contributed by atoms with E-state index in [1.54, 1.807) is 0 Å². The minimum absolute atomic E-state index is 0.240. The third-order valence-electron chi connectivity index (χ3n) is 3.52. The van der Waals surface area contributed by atoms with Gasteiger partial charge >= 0.3 is 0 Å². The molecule has 0 N–H and O–H groups in total. The number of benzene rings is 1. The first-order valence-corrected chi connectivity index (χ1v) is 6.30. The van der Waals surface area contributed by atoms with Crippen LogP contribution in [0.1, 0.15) is 24.3 Å². The molecule has 3 heteroatoms. The fourth-order valence-electron chi connectivity index (χ4n) is 2.62. The molecule has 3 atom stereocenters. The predicted molar refractivity (Wildman–Crippen MR) is 66.7 cm³/mol. The molecule has 2 fully saturated rings. The summed E-state index contributed by atoms with van der Waals surface area (Å²) in [6.07, 6.45) is 1.73. The SMILES string of the molecule is O=C1CC(S)CN1C1CC1c1ccccc1. The summed E-state index contributed by atoms with van der Waals surface area (Å²) in [5, 5.41) is 0.240. The standard InChI is InChI=1S/C13H15NOS/c15-13-6-10(16)8-14(13)12-7-11(12)9-4-2-1-3-5-9/h1-5,10-12,16H,6-8H2. The van der Waals surface area contributed by atoms with Gasteiger partial charge in [0.2, 0.25) is 5.91 Å². The second kappa shape index (κ2) is 3.81. The van der Waals surface area contributed by atoms with Crippen LogP contribution in [-0.4, -0.2) is 28.6 Å². The van der Waals surface area contributed by atoms with Crippen molar-refractivity contribution in [3.63, 3.8) is 0 Å². The maximum Gasteiger partial charge on any atom is 0.224 e. The lowest BCUT2D eigenvalue weighted by atomic mass is 10.1. The van der Waals surface area contributed by atoms with E-state index in [9.17, 15) is 4.79 Å². The first-order chi connectivity index (χ1) is 7.75. The van der Waals surface area contributed by atoms with Gasteiger partial charge in [0.25, 0.3) is 0 Å². The zero-order valence-corrected chi connectivity index (χ0v) is 9.94. The molecule has 84 valence electrons. The van der Waals surface area contributed by atoms with Crippen LogP contribution in [0.25, 0.3) is 0 Å². The minimum Gasteiger partial charge on any atom is -0.338 e. The lowest BCUT2D eigenvalue weighted by molar-refractivity contribution is -0.128. The molecular weight excluding hydrogens is 218 g/mol. The van der Waals surface area contributed by atoms with E-state index in [0.717, 1.165) is 13.0 Å². The molecule has 0 aromatic heterocycles. The summed E-state index contributed by atoms with van der Waals surface area (Å²) in [5.41, 5.74) is 1.36. The highest BCUT2D eigenvalue weighted by Crippen LogP contribution is 2.46. The Morgan fingerprint density at radius 2 is 2.00 bits per heavy atom. The Balaban J connectivity index is 1.71. The van der Waals surface area contributed by atoms with Crippen LogP contribution in [0.4, 0.5) is 0 Å². The van der Waals surface area contributed by atoms with Crippen molar-refractivity contribution >= 4 is 18.5 Å². The summed E-state index contributed by atoms with van der Waals surface area (Å²) in [6, 6.07) is 10.9. The number of carbonyl (C=O) groups is 1. The normalized spacial score (nSPS) is 33.2. The fraction of sp³-hybridized carbons (Fsp3) is 0.462. The minimum atomic E-state index is 0.240. The molecule has 0 spiro atoms. The molecule has 1 heterocycles. The van der Waals surface area contributed by atoms with Crippen LogP contribution in [0.3, 0.4) is 0 Å². The second-order valence-corrected chi connectivity index (χ2v) is 5.45. The lowest BCUT2D eigenvalue weighted by Gasteiger charge is -2.15. The molecular formula is C13H15NOS. The first-order valence-electron chi connectivity index (χ1n) is 5.78. The van der Waals surface area contributed by atoms with Crippen LogP contribution < -0.4 is 0 Å². The van der Waals surface area contributed by atoms with E-state index in [1.807, 2.05) is 11.0 Å². The monoisotopic (exact) mass is 233 g/mol. The Morgan fingerprint density at radius 3 is 2.62 bits per heavy atom. The summed E-state index contributed by atoms with van der Waals surface area (Å²) in [7, 11) is 0. The van der Waals surface area contributed by atoms with E-state index >= 15 is 0 Å². The summed E-state index contributed by atoms with van der Waals surface area (Å²) in [6.45, 7) is 0.829. The van der Waals surface area contributed by atoms with Gasteiger partial charge in [0.15, 0.2) is 0 Å². The molecule has 1 aliphatic carbocycles. The maximum atomic E-state index is 11.7. The molecule has 1 aromatic rings. The Bertz CT molecular complexity index is 406. The van der Waals surface area contributed by atoms with Crippen molar-refractivity contribution in [1.29, 1.82) is 0 Å². The van der Waals surface area contributed by atoms with Crippen LogP contribution in [0, 0.1) is 0 Å². The Morgan fingerprint density at radius 1 is 1.25 bits per heavy atom. The number of rotatable bonds is 2. The van der Waals surface area contributed by atoms with Gasteiger partial charge in [0, 0.05) is 30.2 Å². The molecule has 16 heavy (non-hydrogen) atoms. The number of thiol groups is 1. The third kappa shape index (κ3) is 1.73. The fourth-order valence-corrected chi connectivity index (χ4v) is 2.95. The average Bonchev–Trinajstić information content (AvgIpc) is 3.00. The van der Waals surface area contributed by atoms with Crippen LogP contribution >= 0.6 is 12.6 Å². The van der Waals surface area contributed by atoms with Crippen molar-refractivity contribution < 1.29 is 4.79 Å². The lowest BCUT2D eigenvalue weighted by Crippen LogP contribution is -2.28. The van der Waals surface area contributed by atoms with Crippen molar-refractivity contribution in [2.24, 2.45) is 0 Å². The van der Waals surface area contributed by atoms with Crippen molar-refractivity contribution in [1.82, 2.24) is 4.90 Å². The molecule has 1 amide bonds. The maximum absolute atomic E-state index is 11.7. The molecule has 1 saturated carbocycles. The van der Waals surface area contributed by atoms with Gasteiger partial charge < -0.3 is 4.90 Å².